The number of nitrogens with one attached hydrogen (secondary N) is 1. The summed E-state index contributed by atoms with van der Waals surface area (Å²) >= 11 is 0. The van der Waals surface area contributed by atoms with Gasteiger partial charge in [0.1, 0.15) is 13.2 Å². The summed E-state index contributed by atoms with van der Waals surface area (Å²) in [5, 5.41) is 14.1. The van der Waals surface area contributed by atoms with E-state index in [2.05, 4.69) is 19.2 Å². The Morgan fingerprint density at radius 3 is 0.870 bits per heavy atom. The van der Waals surface area contributed by atoms with Crippen molar-refractivity contribution in [2.45, 2.75) is 392 Å². The quantitative estimate of drug-likeness (QED) is 0.0318. The number of carbonyl (C=O) groups excluding carboxylic acids is 1. The van der Waals surface area contributed by atoms with E-state index in [4.69, 9.17) is 9.05 Å². The van der Waals surface area contributed by atoms with Crippen molar-refractivity contribution >= 4 is 13.7 Å². The zero-order valence-corrected chi connectivity index (χ0v) is 53.9. The van der Waals surface area contributed by atoms with Crippen LogP contribution in [0.2, 0.25) is 0 Å². The van der Waals surface area contributed by atoms with Crippen molar-refractivity contribution in [3.05, 3.63) is 0 Å². The summed E-state index contributed by atoms with van der Waals surface area (Å²) in [5.74, 6) is -0.135. The van der Waals surface area contributed by atoms with Gasteiger partial charge in [0.15, 0.2) is 0 Å². The first-order chi connectivity index (χ1) is 37.5. The summed E-state index contributed by atoms with van der Waals surface area (Å²) in [6.07, 6.45) is 75.2. The summed E-state index contributed by atoms with van der Waals surface area (Å²) in [5.41, 5.74) is 0. The summed E-state index contributed by atoms with van der Waals surface area (Å²) < 4.78 is 23.8. The van der Waals surface area contributed by atoms with E-state index in [1.807, 2.05) is 21.1 Å². The van der Waals surface area contributed by atoms with Crippen LogP contribution in [0.3, 0.4) is 0 Å². The Labute approximate surface area is 482 Å². The normalized spacial score (nSPS) is 13.6. The van der Waals surface area contributed by atoms with Crippen molar-refractivity contribution < 1.29 is 32.9 Å². The van der Waals surface area contributed by atoms with Gasteiger partial charge in [0, 0.05) is 6.42 Å². The standard InChI is InChI=1S/C68H139N2O6P/c1-6-8-10-12-14-16-18-20-22-23-24-25-26-27-28-29-30-31-32-33-34-35-36-37-38-39-40-41-42-43-44-45-46-47-48-50-52-54-56-58-60-62-68(72)69-66(65-76-77(73,74)75-64-63-70(3,4)5)67(71)61-59-57-55-53-51-49-21-19-17-15-13-11-9-7-2/h66-67,71H,6-65H2,1-5H3,(H-,69,72,73,74)/p+1. The number of phosphoric acid groups is 1. The number of likely N-dealkylation sites (N-methyl/N-ethyl adjacent to an activating group) is 1. The van der Waals surface area contributed by atoms with Gasteiger partial charge in [-0.3, -0.25) is 13.8 Å². The van der Waals surface area contributed by atoms with Crippen LogP contribution in [0, 0.1) is 0 Å². The monoisotopic (exact) mass is 1110 g/mol. The molecule has 0 aromatic carbocycles. The van der Waals surface area contributed by atoms with Crippen molar-refractivity contribution in [1.82, 2.24) is 5.32 Å². The molecule has 3 unspecified atom stereocenters. The predicted molar refractivity (Wildman–Crippen MR) is 337 cm³/mol. The molecule has 0 bridgehead atoms. The molecule has 462 valence electrons. The maximum Gasteiger partial charge on any atom is 0.472 e. The number of hydrogen-bond acceptors (Lipinski definition) is 5. The highest BCUT2D eigenvalue weighted by Crippen LogP contribution is 2.43. The maximum atomic E-state index is 13.0. The molecular formula is C68H140N2O6P+. The second-order valence-electron chi connectivity index (χ2n) is 25.6. The van der Waals surface area contributed by atoms with Crippen molar-refractivity contribution in [3.8, 4) is 0 Å². The lowest BCUT2D eigenvalue weighted by Gasteiger charge is -2.26. The van der Waals surface area contributed by atoms with Gasteiger partial charge in [0.2, 0.25) is 5.91 Å². The van der Waals surface area contributed by atoms with Crippen LogP contribution in [0.25, 0.3) is 0 Å². The molecule has 0 fully saturated rings. The summed E-state index contributed by atoms with van der Waals surface area (Å²) in [4.78, 5) is 23.4. The van der Waals surface area contributed by atoms with Gasteiger partial charge in [0.25, 0.3) is 0 Å². The lowest BCUT2D eigenvalue weighted by atomic mass is 10.0. The highest BCUT2D eigenvalue weighted by Gasteiger charge is 2.28. The maximum absolute atomic E-state index is 13.0. The molecule has 0 aromatic heterocycles. The molecule has 3 atom stereocenters. The number of rotatable bonds is 66. The zero-order valence-electron chi connectivity index (χ0n) is 53.0. The highest BCUT2D eigenvalue weighted by molar-refractivity contribution is 7.47. The molecule has 0 saturated heterocycles. The molecule has 0 heterocycles. The molecule has 9 heteroatoms. The molecule has 0 aliphatic carbocycles. The Morgan fingerprint density at radius 1 is 0.390 bits per heavy atom. The van der Waals surface area contributed by atoms with E-state index in [0.717, 1.165) is 38.5 Å². The third-order valence-electron chi connectivity index (χ3n) is 16.6. The fourth-order valence-electron chi connectivity index (χ4n) is 11.2. The van der Waals surface area contributed by atoms with Crippen molar-refractivity contribution in [1.29, 1.82) is 0 Å². The second-order valence-corrected chi connectivity index (χ2v) is 27.1. The van der Waals surface area contributed by atoms with E-state index in [0.29, 0.717) is 23.9 Å². The topological polar surface area (TPSA) is 105 Å². The van der Waals surface area contributed by atoms with Gasteiger partial charge in [0.05, 0.1) is 39.9 Å². The summed E-state index contributed by atoms with van der Waals surface area (Å²) in [7, 11) is 1.64. The predicted octanol–water partition coefficient (Wildman–Crippen LogP) is 21.9. The van der Waals surface area contributed by atoms with E-state index in [9.17, 15) is 19.4 Å². The average molecular weight is 1110 g/mol. The van der Waals surface area contributed by atoms with Gasteiger partial charge >= 0.3 is 7.82 Å². The third-order valence-corrected chi connectivity index (χ3v) is 17.6. The van der Waals surface area contributed by atoms with Crippen LogP contribution >= 0.6 is 7.82 Å². The van der Waals surface area contributed by atoms with Gasteiger partial charge in [-0.2, -0.15) is 0 Å². The Hall–Kier alpha value is -0.500. The molecule has 77 heavy (non-hydrogen) atoms. The summed E-state index contributed by atoms with van der Waals surface area (Å²) in [6.45, 7) is 4.95. The largest absolute Gasteiger partial charge is 0.472 e. The fraction of sp³-hybridized carbons (Fsp3) is 0.985. The first kappa shape index (κ1) is 76.5. The number of hydrogen-bond donors (Lipinski definition) is 3. The fourth-order valence-corrected chi connectivity index (χ4v) is 11.9. The van der Waals surface area contributed by atoms with Gasteiger partial charge in [-0.05, 0) is 12.8 Å². The Balaban J connectivity index is 3.77. The van der Waals surface area contributed by atoms with Crippen molar-refractivity contribution in [2.24, 2.45) is 0 Å². The van der Waals surface area contributed by atoms with Crippen LogP contribution in [0.15, 0.2) is 0 Å². The SMILES string of the molecule is CCCCCCCCCCCCCCCCCCCCCCCCCCCCCCCCCCCCCCCCCCCC(=O)NC(COP(=O)(O)OCC[N+](C)(C)C)C(O)CCCCCCCCCCCCCCCC. The molecule has 0 aromatic rings. The number of aliphatic hydroxyl groups excluding tert-OH is 1. The number of aliphatic hydroxyl groups is 1. The van der Waals surface area contributed by atoms with Crippen molar-refractivity contribution in [2.75, 3.05) is 40.9 Å². The van der Waals surface area contributed by atoms with Gasteiger partial charge in [-0.15, -0.1) is 0 Å². The Kier molecular flexibility index (Phi) is 59.7. The van der Waals surface area contributed by atoms with Crippen LogP contribution in [0.4, 0.5) is 0 Å². The lowest BCUT2D eigenvalue weighted by Crippen LogP contribution is -2.46. The number of unbranched alkanes of at least 4 members (excludes halogenated alkanes) is 53. The van der Waals surface area contributed by atoms with E-state index in [1.165, 1.54) is 315 Å². The molecule has 0 spiro atoms. The number of nitrogens with zero attached hydrogens (tertiary/aromatic N) is 1. The summed E-state index contributed by atoms with van der Waals surface area (Å²) in [6, 6.07) is -0.755. The minimum absolute atomic E-state index is 0.0791. The molecular weight excluding hydrogens is 972 g/mol. The molecule has 8 nitrogen and oxygen atoms in total. The van der Waals surface area contributed by atoms with Crippen molar-refractivity contribution in [3.63, 3.8) is 0 Å². The van der Waals surface area contributed by atoms with Crippen LogP contribution in [-0.4, -0.2) is 73.4 Å². The smallest absolute Gasteiger partial charge is 0.391 e. The first-order valence-corrected chi connectivity index (χ1v) is 36.4. The molecule has 0 aliphatic rings. The van der Waals surface area contributed by atoms with Crippen LogP contribution in [-0.2, 0) is 18.4 Å². The average Bonchev–Trinajstić information content (AvgIpc) is 3.39. The van der Waals surface area contributed by atoms with Crippen LogP contribution < -0.4 is 5.32 Å². The molecule has 0 radical (unpaired) electrons. The molecule has 0 aliphatic heterocycles. The van der Waals surface area contributed by atoms with Crippen LogP contribution in [0.1, 0.15) is 380 Å². The minimum atomic E-state index is -4.32. The van der Waals surface area contributed by atoms with E-state index in [1.54, 1.807) is 0 Å². The second kappa shape index (κ2) is 60.1. The highest BCUT2D eigenvalue weighted by atomic mass is 31.2. The van der Waals surface area contributed by atoms with Gasteiger partial charge in [-0.25, -0.2) is 4.57 Å². The first-order valence-electron chi connectivity index (χ1n) is 34.9. The van der Waals surface area contributed by atoms with Gasteiger partial charge < -0.3 is 19.8 Å². The Bertz CT molecular complexity index is 1220. The van der Waals surface area contributed by atoms with E-state index >= 15 is 0 Å². The number of phosphoric ester groups is 1. The third kappa shape index (κ3) is 62.9. The van der Waals surface area contributed by atoms with E-state index < -0.39 is 20.0 Å². The van der Waals surface area contributed by atoms with Crippen LogP contribution in [0.5, 0.6) is 0 Å². The number of amides is 1. The lowest BCUT2D eigenvalue weighted by molar-refractivity contribution is -0.870. The number of carbonyl (C=O) groups is 1. The molecule has 0 saturated carbocycles. The molecule has 3 N–H and O–H groups in total. The van der Waals surface area contributed by atoms with E-state index in [-0.39, 0.29) is 19.1 Å². The molecule has 0 rings (SSSR count). The minimum Gasteiger partial charge on any atom is -0.391 e. The molecule has 1 amide bonds. The zero-order chi connectivity index (χ0) is 56.3. The Morgan fingerprint density at radius 2 is 0.623 bits per heavy atom. The number of quaternary nitrogens is 1. The van der Waals surface area contributed by atoms with Gasteiger partial charge in [-0.1, -0.05) is 361 Å².